The molecule has 1 fully saturated rings. The first-order valence-electron chi connectivity index (χ1n) is 4.94. The third-order valence-electron chi connectivity index (χ3n) is 3.50. The standard InChI is InChI=1S/C7H11F3.C2H5.Al/c1-4-6(5(2)3)7(8,9)10;1-2;/h4-6H,2H2,1,3H3;1H2,2H3;. The molecule has 0 nitrogen and oxygen atoms in total. The van der Waals surface area contributed by atoms with Gasteiger partial charge in [0.1, 0.15) is 0 Å². The van der Waals surface area contributed by atoms with Crippen LogP contribution in [-0.2, 0) is 0 Å². The van der Waals surface area contributed by atoms with Crippen molar-refractivity contribution in [1.82, 2.24) is 0 Å². The summed E-state index contributed by atoms with van der Waals surface area (Å²) < 4.78 is 37.7. The van der Waals surface area contributed by atoms with Crippen LogP contribution in [0.3, 0.4) is 0 Å². The van der Waals surface area contributed by atoms with Crippen molar-refractivity contribution >= 4 is 14.1 Å². The Kier molecular flexibility index (Phi) is 3.35. The highest BCUT2D eigenvalue weighted by Crippen LogP contribution is 2.50. The molecule has 0 aliphatic carbocycles. The first kappa shape index (κ1) is 11.4. The van der Waals surface area contributed by atoms with Crippen molar-refractivity contribution in [3.8, 4) is 0 Å². The maximum Gasteiger partial charge on any atom is 0.391 e. The molecule has 0 radical (unpaired) electrons. The van der Waals surface area contributed by atoms with Gasteiger partial charge in [-0.1, -0.05) is 36.1 Å². The second kappa shape index (κ2) is 3.82. The predicted octanol–water partition coefficient (Wildman–Crippen LogP) is 3.72. The molecule has 0 aromatic heterocycles. The molecule has 1 rings (SSSR count). The average Bonchev–Trinajstić information content (AvgIpc) is 2.24. The van der Waals surface area contributed by atoms with E-state index in [2.05, 4.69) is 0 Å². The molecule has 0 saturated carbocycles. The lowest BCUT2D eigenvalue weighted by Crippen LogP contribution is -2.28. The molecule has 0 N–H and O–H groups in total. The lowest BCUT2D eigenvalue weighted by atomic mass is 9.93. The second-order valence-electron chi connectivity index (χ2n) is 4.31. The molecule has 1 aliphatic rings. The highest BCUT2D eigenvalue weighted by atomic mass is 27.2. The summed E-state index contributed by atoms with van der Waals surface area (Å²) in [6.07, 6.45) is -3.96. The van der Waals surface area contributed by atoms with E-state index in [0.717, 1.165) is 10.6 Å². The predicted molar refractivity (Wildman–Crippen MR) is 49.2 cm³/mol. The number of halogens is 3. The fourth-order valence-corrected chi connectivity index (χ4v) is 6.75. The second-order valence-corrected chi connectivity index (χ2v) is 8.17. The minimum atomic E-state index is -3.96. The molecule has 76 valence electrons. The summed E-state index contributed by atoms with van der Waals surface area (Å²) >= 11 is -1.09. The summed E-state index contributed by atoms with van der Waals surface area (Å²) in [7, 11) is 0. The van der Waals surface area contributed by atoms with Gasteiger partial charge in [-0.05, 0) is 5.92 Å². The SMILES string of the molecule is C[CH2][Al]1[CH2]C(C)C(C(F)(F)F)[CH]1C. The van der Waals surface area contributed by atoms with E-state index in [9.17, 15) is 13.2 Å². The first-order chi connectivity index (χ1) is 5.88. The number of hydrogen-bond acceptors (Lipinski definition) is 0. The molecule has 0 aromatic rings. The maximum absolute atomic E-state index is 12.6. The van der Waals surface area contributed by atoms with E-state index in [-0.39, 0.29) is 10.7 Å². The van der Waals surface area contributed by atoms with Crippen LogP contribution in [0, 0.1) is 11.8 Å². The van der Waals surface area contributed by atoms with E-state index in [1.54, 1.807) is 6.92 Å². The fraction of sp³-hybridized carbons (Fsp3) is 1.00. The van der Waals surface area contributed by atoms with Crippen molar-refractivity contribution in [2.24, 2.45) is 11.8 Å². The van der Waals surface area contributed by atoms with Crippen LogP contribution in [0.2, 0.25) is 15.3 Å². The highest BCUT2D eigenvalue weighted by Gasteiger charge is 2.53. The zero-order chi connectivity index (χ0) is 10.2. The van der Waals surface area contributed by atoms with Crippen molar-refractivity contribution in [2.75, 3.05) is 0 Å². The van der Waals surface area contributed by atoms with Crippen LogP contribution in [0.1, 0.15) is 20.8 Å². The number of alkyl halides is 3. The van der Waals surface area contributed by atoms with Gasteiger partial charge in [-0.25, -0.2) is 0 Å². The summed E-state index contributed by atoms with van der Waals surface area (Å²) in [6.45, 7) is 5.61. The Morgan fingerprint density at radius 3 is 2.08 bits per heavy atom. The molecule has 13 heavy (non-hydrogen) atoms. The molecule has 4 heteroatoms. The number of rotatable bonds is 1. The topological polar surface area (TPSA) is 0 Å². The zero-order valence-electron chi connectivity index (χ0n) is 8.36. The Bertz CT molecular complexity index is 178. The van der Waals surface area contributed by atoms with Crippen LogP contribution in [0.5, 0.6) is 0 Å². The summed E-state index contributed by atoms with van der Waals surface area (Å²) in [5, 5.41) is 1.89. The smallest absolute Gasteiger partial charge is 0.171 e. The van der Waals surface area contributed by atoms with E-state index in [0.29, 0.717) is 0 Å². The van der Waals surface area contributed by atoms with Gasteiger partial charge in [0.15, 0.2) is 0 Å². The van der Waals surface area contributed by atoms with Crippen LogP contribution >= 0.6 is 0 Å². The Morgan fingerprint density at radius 2 is 1.85 bits per heavy atom. The quantitative estimate of drug-likeness (QED) is 0.576. The fourth-order valence-electron chi connectivity index (χ4n) is 2.81. The van der Waals surface area contributed by atoms with Crippen LogP contribution < -0.4 is 0 Å². The van der Waals surface area contributed by atoms with Crippen molar-refractivity contribution in [2.45, 2.75) is 42.3 Å². The van der Waals surface area contributed by atoms with Crippen molar-refractivity contribution < 1.29 is 13.2 Å². The van der Waals surface area contributed by atoms with Gasteiger partial charge in [-0.3, -0.25) is 0 Å². The van der Waals surface area contributed by atoms with Crippen molar-refractivity contribution in [3.05, 3.63) is 0 Å². The lowest BCUT2D eigenvalue weighted by molar-refractivity contribution is -0.183. The van der Waals surface area contributed by atoms with Crippen LogP contribution in [0.4, 0.5) is 13.2 Å². The maximum atomic E-state index is 12.6. The zero-order valence-corrected chi connectivity index (χ0v) is 9.51. The van der Waals surface area contributed by atoms with E-state index < -0.39 is 26.2 Å². The van der Waals surface area contributed by atoms with E-state index in [1.807, 2.05) is 13.8 Å². The van der Waals surface area contributed by atoms with Gasteiger partial charge in [0.05, 0.1) is 0 Å². The number of hydrogen-bond donors (Lipinski definition) is 0. The Balaban J connectivity index is 2.76. The Hall–Kier alpha value is 0.322. The lowest BCUT2D eigenvalue weighted by Gasteiger charge is -2.24. The van der Waals surface area contributed by atoms with Gasteiger partial charge in [-0.2, -0.15) is 13.2 Å². The van der Waals surface area contributed by atoms with Crippen molar-refractivity contribution in [1.29, 1.82) is 0 Å². The minimum absolute atomic E-state index is 0.0556. The normalized spacial score (nSPS) is 35.5. The molecule has 0 amide bonds. The average molecular weight is 208 g/mol. The van der Waals surface area contributed by atoms with Gasteiger partial charge in [0.2, 0.25) is 0 Å². The molecule has 0 spiro atoms. The largest absolute Gasteiger partial charge is 0.391 e. The molecule has 1 saturated heterocycles. The third kappa shape index (κ3) is 2.22. The molecule has 1 aliphatic heterocycles. The van der Waals surface area contributed by atoms with E-state index >= 15 is 0 Å². The van der Waals surface area contributed by atoms with E-state index in [1.165, 1.54) is 0 Å². The van der Waals surface area contributed by atoms with Gasteiger partial charge in [0, 0.05) is 5.92 Å². The summed E-state index contributed by atoms with van der Waals surface area (Å²) in [4.78, 5) is 0. The molecule has 0 bridgehead atoms. The van der Waals surface area contributed by atoms with E-state index in [4.69, 9.17) is 0 Å². The van der Waals surface area contributed by atoms with Crippen LogP contribution in [-0.4, -0.2) is 20.3 Å². The van der Waals surface area contributed by atoms with Crippen LogP contribution in [0.25, 0.3) is 0 Å². The molecule has 1 heterocycles. The Labute approximate surface area is 81.9 Å². The van der Waals surface area contributed by atoms with Crippen molar-refractivity contribution in [3.63, 3.8) is 0 Å². The molecule has 3 atom stereocenters. The first-order valence-corrected chi connectivity index (χ1v) is 7.24. The molecule has 0 aromatic carbocycles. The summed E-state index contributed by atoms with van der Waals surface area (Å²) in [5.74, 6) is -1.14. The van der Waals surface area contributed by atoms with Gasteiger partial charge in [0.25, 0.3) is 14.1 Å². The summed E-state index contributed by atoms with van der Waals surface area (Å²) in [6, 6.07) is 0. The monoisotopic (exact) mass is 208 g/mol. The highest BCUT2D eigenvalue weighted by molar-refractivity contribution is 6.61. The minimum Gasteiger partial charge on any atom is -0.171 e. The molecular weight excluding hydrogens is 192 g/mol. The third-order valence-corrected chi connectivity index (χ3v) is 7.80. The van der Waals surface area contributed by atoms with Gasteiger partial charge >= 0.3 is 6.18 Å². The Morgan fingerprint density at radius 1 is 1.31 bits per heavy atom. The van der Waals surface area contributed by atoms with Crippen LogP contribution in [0.15, 0.2) is 0 Å². The summed E-state index contributed by atoms with van der Waals surface area (Å²) in [5.41, 5.74) is 0. The molecular formula is C9H16AlF3. The van der Waals surface area contributed by atoms with Gasteiger partial charge < -0.3 is 0 Å². The molecule has 3 unspecified atom stereocenters. The van der Waals surface area contributed by atoms with Gasteiger partial charge in [-0.15, -0.1) is 0 Å².